The van der Waals surface area contributed by atoms with E-state index in [4.69, 9.17) is 9.47 Å². The summed E-state index contributed by atoms with van der Waals surface area (Å²) in [7, 11) is 1.50. The van der Waals surface area contributed by atoms with Gasteiger partial charge in [0.15, 0.2) is 0 Å². The lowest BCUT2D eigenvalue weighted by atomic mass is 9.40. The Kier molecular flexibility index (Phi) is 5.51. The predicted octanol–water partition coefficient (Wildman–Crippen LogP) is 6.50. The van der Waals surface area contributed by atoms with Crippen molar-refractivity contribution in [2.45, 2.75) is 99.9 Å². The van der Waals surface area contributed by atoms with Gasteiger partial charge in [0.25, 0.3) is 0 Å². The van der Waals surface area contributed by atoms with Gasteiger partial charge in [-0.3, -0.25) is 4.79 Å². The second-order valence-corrected chi connectivity index (χ2v) is 13.6. The number of fused-ring (bicyclic) bond motifs is 3. The van der Waals surface area contributed by atoms with Crippen LogP contribution < -0.4 is 0 Å². The van der Waals surface area contributed by atoms with Gasteiger partial charge in [-0.15, -0.1) is 0 Å². The maximum Gasteiger partial charge on any atom is 0.305 e. The third-order valence-corrected chi connectivity index (χ3v) is 14.4. The summed E-state index contributed by atoms with van der Waals surface area (Å²) in [5.74, 6) is 3.29. The van der Waals surface area contributed by atoms with Crippen molar-refractivity contribution < 1.29 is 14.3 Å². The lowest BCUT2D eigenvalue weighted by Gasteiger charge is -2.74. The largest absolute Gasteiger partial charge is 0.469 e. The summed E-state index contributed by atoms with van der Waals surface area (Å²) in [4.78, 5) is 12.5. The first kappa shape index (κ1) is 22.2. The van der Waals surface area contributed by atoms with Gasteiger partial charge in [0, 0.05) is 16.7 Å². The number of carbonyl (C=O) groups excluding carboxylic acids is 1. The summed E-state index contributed by atoms with van der Waals surface area (Å²) in [5, 5.41) is 0. The highest BCUT2D eigenvalue weighted by Gasteiger charge is 2.76. The van der Waals surface area contributed by atoms with Gasteiger partial charge < -0.3 is 9.47 Å². The van der Waals surface area contributed by atoms with Crippen molar-refractivity contribution in [2.75, 3.05) is 7.11 Å². The Bertz CT molecular complexity index is 715. The smallest absolute Gasteiger partial charge is 0.305 e. The number of hydrogen-bond donors (Lipinski definition) is 0. The molecule has 30 heavy (non-hydrogen) atoms. The van der Waals surface area contributed by atoms with Crippen molar-refractivity contribution in [1.82, 2.24) is 0 Å². The number of ether oxygens (including phenoxy) is 2. The van der Waals surface area contributed by atoms with Gasteiger partial charge in [0.2, 0.25) is 0 Å². The van der Waals surface area contributed by atoms with Crippen molar-refractivity contribution in [3.8, 4) is 0 Å². The van der Waals surface area contributed by atoms with E-state index in [1.807, 2.05) is 0 Å². The summed E-state index contributed by atoms with van der Waals surface area (Å²) in [6.07, 6.45) is 11.1. The molecule has 0 radical (unpaired) electrons. The first-order valence-corrected chi connectivity index (χ1v) is 14.1. The number of hydrogen-bond acceptors (Lipinski definition) is 3. The summed E-state index contributed by atoms with van der Waals surface area (Å²) in [5.41, 5.74) is 0.531. The number of methoxy groups -OCH3 is 1. The third-order valence-electron chi connectivity index (χ3n) is 10.9. The number of halogens is 2. The number of rotatable bonds is 4. The average Bonchev–Trinajstić information content (AvgIpc) is 3.08. The zero-order chi connectivity index (χ0) is 21.5. The maximum absolute atomic E-state index is 11.8. The molecule has 3 nitrogen and oxygen atoms in total. The fourth-order valence-corrected chi connectivity index (χ4v) is 12.0. The Morgan fingerprint density at radius 1 is 1.10 bits per heavy atom. The molecule has 1 spiro atoms. The molecule has 4 bridgehead atoms. The molecule has 1 unspecified atom stereocenters. The highest BCUT2D eigenvalue weighted by Crippen LogP contribution is 2.75. The van der Waals surface area contributed by atoms with Gasteiger partial charge in [-0.2, -0.15) is 0 Å². The Labute approximate surface area is 199 Å². The molecular formula is C25H38Br2O3. The first-order valence-electron chi connectivity index (χ1n) is 12.2. The molecule has 4 saturated carbocycles. The van der Waals surface area contributed by atoms with E-state index in [0.717, 1.165) is 12.3 Å². The van der Waals surface area contributed by atoms with Crippen LogP contribution in [-0.2, 0) is 14.3 Å². The summed E-state index contributed by atoms with van der Waals surface area (Å²) >= 11 is 8.57. The Morgan fingerprint density at radius 2 is 1.83 bits per heavy atom. The SMILES string of the molecule is COC(=O)CC[C@@H](C)C1CC[C@H]2[C@H]3CC[C@H]4C[C@@H]5CC[C@@]4(C)[C@@]3(O5)[C@@H](Br)[C@@H](Br)[C@@]12C. The zero-order valence-corrected chi connectivity index (χ0v) is 22.1. The quantitative estimate of drug-likeness (QED) is 0.298. The topological polar surface area (TPSA) is 35.5 Å². The molecule has 170 valence electrons. The van der Waals surface area contributed by atoms with Gasteiger partial charge >= 0.3 is 5.97 Å². The minimum atomic E-state index is -0.0733. The van der Waals surface area contributed by atoms with E-state index in [1.54, 1.807) is 0 Å². The Balaban J connectivity index is 1.48. The number of alkyl halides is 2. The van der Waals surface area contributed by atoms with Crippen LogP contribution in [0.3, 0.4) is 0 Å². The third kappa shape index (κ3) is 2.67. The molecule has 6 aliphatic rings. The maximum atomic E-state index is 11.8. The molecule has 6 fully saturated rings. The lowest BCUT2D eigenvalue weighted by molar-refractivity contribution is -0.325. The minimum absolute atomic E-state index is 0.0143. The van der Waals surface area contributed by atoms with Gasteiger partial charge in [0.05, 0.1) is 23.6 Å². The van der Waals surface area contributed by atoms with E-state index in [2.05, 4.69) is 52.6 Å². The van der Waals surface area contributed by atoms with E-state index in [1.165, 1.54) is 52.1 Å². The highest BCUT2D eigenvalue weighted by atomic mass is 79.9. The van der Waals surface area contributed by atoms with Gasteiger partial charge in [0.1, 0.15) is 0 Å². The second kappa shape index (κ2) is 7.45. The van der Waals surface area contributed by atoms with E-state index in [0.29, 0.717) is 51.3 Å². The van der Waals surface area contributed by atoms with Crippen molar-refractivity contribution >= 4 is 37.8 Å². The number of esters is 1. The highest BCUT2D eigenvalue weighted by molar-refractivity contribution is 9.12. The minimum Gasteiger partial charge on any atom is -0.469 e. The van der Waals surface area contributed by atoms with Crippen LogP contribution in [0, 0.1) is 40.4 Å². The van der Waals surface area contributed by atoms with Crippen molar-refractivity contribution in [1.29, 1.82) is 0 Å². The van der Waals surface area contributed by atoms with Crippen molar-refractivity contribution in [3.63, 3.8) is 0 Å². The van der Waals surface area contributed by atoms with Crippen molar-refractivity contribution in [2.24, 2.45) is 40.4 Å². The summed E-state index contributed by atoms with van der Waals surface area (Å²) in [6, 6.07) is 0. The molecular weight excluding hydrogens is 508 g/mol. The molecule has 5 heteroatoms. The van der Waals surface area contributed by atoms with Gasteiger partial charge in [-0.25, -0.2) is 0 Å². The van der Waals surface area contributed by atoms with Crippen LogP contribution in [0.5, 0.6) is 0 Å². The predicted molar refractivity (Wildman–Crippen MR) is 126 cm³/mol. The molecule has 6 rings (SSSR count). The summed E-state index contributed by atoms with van der Waals surface area (Å²) < 4.78 is 12.1. The molecule has 0 N–H and O–H groups in total. The molecule has 0 amide bonds. The Morgan fingerprint density at radius 3 is 2.57 bits per heavy atom. The first-order chi connectivity index (χ1) is 14.2. The van der Waals surface area contributed by atoms with Crippen LogP contribution in [0.4, 0.5) is 0 Å². The monoisotopic (exact) mass is 544 g/mol. The van der Waals surface area contributed by atoms with Crippen LogP contribution in [0.15, 0.2) is 0 Å². The molecule has 0 aromatic rings. The van der Waals surface area contributed by atoms with Crippen LogP contribution in [0.2, 0.25) is 0 Å². The molecule has 2 heterocycles. The normalized spacial score (nSPS) is 54.9. The average molecular weight is 546 g/mol. The molecule has 0 aromatic carbocycles. The van der Waals surface area contributed by atoms with E-state index < -0.39 is 0 Å². The van der Waals surface area contributed by atoms with Gasteiger partial charge in [-0.05, 0) is 86.4 Å². The van der Waals surface area contributed by atoms with Crippen LogP contribution in [0.1, 0.15) is 78.6 Å². The molecule has 4 aliphatic carbocycles. The molecule has 2 saturated heterocycles. The number of carbonyl (C=O) groups is 1. The molecule has 2 aliphatic heterocycles. The van der Waals surface area contributed by atoms with Gasteiger partial charge in [-0.1, -0.05) is 52.6 Å². The molecule has 11 atom stereocenters. The molecule has 0 aromatic heterocycles. The fourth-order valence-electron chi connectivity index (χ4n) is 9.40. The lowest BCUT2D eigenvalue weighted by Crippen LogP contribution is -2.77. The van der Waals surface area contributed by atoms with E-state index in [9.17, 15) is 4.79 Å². The van der Waals surface area contributed by atoms with Crippen LogP contribution in [-0.4, -0.2) is 34.4 Å². The zero-order valence-electron chi connectivity index (χ0n) is 19.0. The Hall–Kier alpha value is 0.390. The summed E-state index contributed by atoms with van der Waals surface area (Å²) in [6.45, 7) is 7.49. The standard InChI is InChI=1S/C25H38Br2O3/c1-14(5-10-20(28)29-4)17-8-9-18-19-7-6-15-13-16-11-12-23(15,2)25(19,30-16)22(27)21(26)24(17,18)3/h14-19,21-22H,5-13H2,1-4H3/t14-,15+,16+,17?,18+,19-,21-,22+,23-,24+,25+/m1/s1. The van der Waals surface area contributed by atoms with Crippen LogP contribution in [0.25, 0.3) is 0 Å². The van der Waals surface area contributed by atoms with E-state index >= 15 is 0 Å². The van der Waals surface area contributed by atoms with Crippen LogP contribution >= 0.6 is 31.9 Å². The second-order valence-electron chi connectivity index (χ2n) is 11.7. The van der Waals surface area contributed by atoms with E-state index in [-0.39, 0.29) is 17.0 Å². The fraction of sp³-hybridized carbons (Fsp3) is 0.960. The van der Waals surface area contributed by atoms with Crippen molar-refractivity contribution in [3.05, 3.63) is 0 Å².